The van der Waals surface area contributed by atoms with Crippen molar-refractivity contribution in [3.05, 3.63) is 95.6 Å². The first-order chi connectivity index (χ1) is 17.7. The molecule has 1 aromatic heterocycles. The van der Waals surface area contributed by atoms with Crippen molar-refractivity contribution in [3.63, 3.8) is 0 Å². The fourth-order valence-corrected chi connectivity index (χ4v) is 5.35. The number of amides is 1. The Morgan fingerprint density at radius 1 is 0.889 bits per heavy atom. The van der Waals surface area contributed by atoms with Gasteiger partial charge in [-0.15, -0.1) is 10.2 Å². The minimum atomic E-state index is 0.136. The summed E-state index contributed by atoms with van der Waals surface area (Å²) in [6.07, 6.45) is 3.09. The second kappa shape index (κ2) is 11.4. The first kappa shape index (κ1) is 24.1. The Hall–Kier alpha value is -3.58. The lowest BCUT2D eigenvalue weighted by molar-refractivity contribution is 0.0793. The summed E-state index contributed by atoms with van der Waals surface area (Å²) >= 11 is 1.67. The quantitative estimate of drug-likeness (QED) is 0.276. The zero-order chi connectivity index (χ0) is 24.7. The Bertz CT molecular complexity index is 1280. The van der Waals surface area contributed by atoms with E-state index in [-0.39, 0.29) is 5.91 Å². The van der Waals surface area contributed by atoms with E-state index in [1.54, 1.807) is 18.9 Å². The highest BCUT2D eigenvalue weighted by molar-refractivity contribution is 7.98. The first-order valence-corrected chi connectivity index (χ1v) is 13.3. The van der Waals surface area contributed by atoms with Crippen molar-refractivity contribution in [1.29, 1.82) is 0 Å². The van der Waals surface area contributed by atoms with Gasteiger partial charge in [0, 0.05) is 36.5 Å². The summed E-state index contributed by atoms with van der Waals surface area (Å²) in [5.41, 5.74) is 4.20. The van der Waals surface area contributed by atoms with Gasteiger partial charge in [-0.05, 0) is 66.8 Å². The fraction of sp³-hybridized carbons (Fsp3) is 0.276. The van der Waals surface area contributed by atoms with Crippen LogP contribution >= 0.6 is 11.8 Å². The van der Waals surface area contributed by atoms with Gasteiger partial charge in [-0.1, -0.05) is 54.2 Å². The van der Waals surface area contributed by atoms with Crippen molar-refractivity contribution in [2.45, 2.75) is 36.7 Å². The Morgan fingerprint density at radius 2 is 1.61 bits per heavy atom. The van der Waals surface area contributed by atoms with E-state index in [2.05, 4.69) is 39.0 Å². The van der Waals surface area contributed by atoms with Crippen molar-refractivity contribution in [2.24, 2.45) is 0 Å². The van der Waals surface area contributed by atoms with Crippen LogP contribution in [0.5, 0.6) is 5.75 Å². The molecule has 7 heteroatoms. The van der Waals surface area contributed by atoms with Gasteiger partial charge in [-0.2, -0.15) is 0 Å². The predicted octanol–water partition coefficient (Wildman–Crippen LogP) is 5.72. The van der Waals surface area contributed by atoms with Crippen LogP contribution in [-0.4, -0.2) is 45.8 Å². The van der Waals surface area contributed by atoms with E-state index >= 15 is 0 Å². The van der Waals surface area contributed by atoms with Crippen molar-refractivity contribution in [2.75, 3.05) is 20.2 Å². The number of carbonyl (C=O) groups excluding carboxylic acids is 1. The number of rotatable bonds is 9. The number of ether oxygens (including phenoxy) is 1. The van der Waals surface area contributed by atoms with Gasteiger partial charge in [0.25, 0.3) is 5.91 Å². The number of hydrogen-bond donors (Lipinski definition) is 0. The third-order valence-corrected chi connectivity index (χ3v) is 7.53. The lowest BCUT2D eigenvalue weighted by Gasteiger charge is -2.15. The van der Waals surface area contributed by atoms with Crippen molar-refractivity contribution < 1.29 is 9.53 Å². The van der Waals surface area contributed by atoms with Crippen LogP contribution in [0.25, 0.3) is 11.4 Å². The zero-order valence-corrected chi connectivity index (χ0v) is 21.3. The fourth-order valence-electron chi connectivity index (χ4n) is 4.43. The number of thioether (sulfide) groups is 1. The van der Waals surface area contributed by atoms with Gasteiger partial charge >= 0.3 is 0 Å². The van der Waals surface area contributed by atoms with E-state index in [9.17, 15) is 4.79 Å². The Labute approximate surface area is 216 Å². The Kier molecular flexibility index (Phi) is 7.67. The van der Waals surface area contributed by atoms with E-state index in [4.69, 9.17) is 4.74 Å². The van der Waals surface area contributed by atoms with E-state index in [0.717, 1.165) is 78.1 Å². The molecule has 0 radical (unpaired) electrons. The van der Waals surface area contributed by atoms with Gasteiger partial charge in [-0.25, -0.2) is 0 Å². The van der Waals surface area contributed by atoms with Gasteiger partial charge < -0.3 is 14.2 Å². The maximum Gasteiger partial charge on any atom is 0.253 e. The third-order valence-electron chi connectivity index (χ3n) is 6.49. The maximum atomic E-state index is 12.6. The van der Waals surface area contributed by atoms with Crippen LogP contribution in [0.2, 0.25) is 0 Å². The van der Waals surface area contributed by atoms with Gasteiger partial charge in [0.05, 0.1) is 7.11 Å². The van der Waals surface area contributed by atoms with Crippen LogP contribution in [-0.2, 0) is 18.7 Å². The van der Waals surface area contributed by atoms with E-state index in [1.807, 2.05) is 59.5 Å². The summed E-state index contributed by atoms with van der Waals surface area (Å²) < 4.78 is 7.51. The summed E-state index contributed by atoms with van der Waals surface area (Å²) in [4.78, 5) is 14.6. The number of carbonyl (C=O) groups is 1. The highest BCUT2D eigenvalue weighted by atomic mass is 32.2. The summed E-state index contributed by atoms with van der Waals surface area (Å²) in [7, 11) is 1.67. The molecular weight excluding hydrogens is 468 g/mol. The SMILES string of the molecule is COc1ccc(-c2nnc(SCc3ccc(C(=O)N4CCCC4)cc3)n2CCc2ccccc2)cc1. The number of aromatic nitrogens is 3. The Balaban J connectivity index is 1.32. The normalized spacial score (nSPS) is 13.2. The van der Waals surface area contributed by atoms with Crippen LogP contribution in [0, 0.1) is 0 Å². The number of benzene rings is 3. The summed E-state index contributed by atoms with van der Waals surface area (Å²) in [6.45, 7) is 2.52. The average molecular weight is 499 g/mol. The van der Waals surface area contributed by atoms with Gasteiger partial charge in [0.15, 0.2) is 11.0 Å². The molecule has 2 heterocycles. The molecule has 0 bridgehead atoms. The van der Waals surface area contributed by atoms with Crippen molar-refractivity contribution in [3.8, 4) is 17.1 Å². The molecule has 5 rings (SSSR count). The number of aryl methyl sites for hydroxylation is 1. The number of nitrogens with zero attached hydrogens (tertiary/aromatic N) is 4. The molecule has 0 spiro atoms. The van der Waals surface area contributed by atoms with E-state index in [1.165, 1.54) is 5.56 Å². The number of hydrogen-bond acceptors (Lipinski definition) is 5. The zero-order valence-electron chi connectivity index (χ0n) is 20.5. The topological polar surface area (TPSA) is 60.3 Å². The smallest absolute Gasteiger partial charge is 0.253 e. The van der Waals surface area contributed by atoms with Gasteiger partial charge in [0.1, 0.15) is 5.75 Å². The summed E-state index contributed by atoms with van der Waals surface area (Å²) in [5.74, 6) is 2.55. The summed E-state index contributed by atoms with van der Waals surface area (Å²) in [6, 6.07) is 26.4. The van der Waals surface area contributed by atoms with Crippen molar-refractivity contribution >= 4 is 17.7 Å². The molecule has 0 unspecified atom stereocenters. The molecule has 1 aliphatic rings. The lowest BCUT2D eigenvalue weighted by atomic mass is 10.1. The van der Waals surface area contributed by atoms with Gasteiger partial charge in [0.2, 0.25) is 0 Å². The molecule has 1 aliphatic heterocycles. The highest BCUT2D eigenvalue weighted by Crippen LogP contribution is 2.28. The van der Waals surface area contributed by atoms with Crippen LogP contribution < -0.4 is 4.74 Å². The summed E-state index contributed by atoms with van der Waals surface area (Å²) in [5, 5.41) is 9.98. The largest absolute Gasteiger partial charge is 0.497 e. The lowest BCUT2D eigenvalue weighted by Crippen LogP contribution is -2.27. The third kappa shape index (κ3) is 5.62. The monoisotopic (exact) mass is 498 g/mol. The minimum Gasteiger partial charge on any atom is -0.497 e. The van der Waals surface area contributed by atoms with Crippen LogP contribution in [0.1, 0.15) is 34.3 Å². The average Bonchev–Trinajstić information content (AvgIpc) is 3.62. The molecule has 4 aromatic rings. The van der Waals surface area contributed by atoms with Crippen LogP contribution in [0.4, 0.5) is 0 Å². The standard InChI is InChI=1S/C29H30N4O2S/c1-35-26-15-13-24(14-16-26)27-30-31-29(33(27)20-17-22-7-3-2-4-8-22)36-21-23-9-11-25(12-10-23)28(34)32-18-5-6-19-32/h2-4,7-16H,5-6,17-21H2,1H3. The van der Waals surface area contributed by atoms with E-state index in [0.29, 0.717) is 0 Å². The van der Waals surface area contributed by atoms with Crippen LogP contribution in [0.3, 0.4) is 0 Å². The van der Waals surface area contributed by atoms with Gasteiger partial charge in [-0.3, -0.25) is 4.79 Å². The molecule has 3 aromatic carbocycles. The number of likely N-dealkylation sites (tertiary alicyclic amines) is 1. The second-order valence-electron chi connectivity index (χ2n) is 8.91. The molecule has 0 aliphatic carbocycles. The number of methoxy groups -OCH3 is 1. The molecule has 1 saturated heterocycles. The highest BCUT2D eigenvalue weighted by Gasteiger charge is 2.19. The molecule has 1 fully saturated rings. The molecule has 0 saturated carbocycles. The molecular formula is C29H30N4O2S. The first-order valence-electron chi connectivity index (χ1n) is 12.3. The van der Waals surface area contributed by atoms with E-state index < -0.39 is 0 Å². The predicted molar refractivity (Wildman–Crippen MR) is 143 cm³/mol. The minimum absolute atomic E-state index is 0.136. The molecule has 36 heavy (non-hydrogen) atoms. The Morgan fingerprint density at radius 3 is 2.31 bits per heavy atom. The van der Waals surface area contributed by atoms with Crippen LogP contribution in [0.15, 0.2) is 84.0 Å². The second-order valence-corrected chi connectivity index (χ2v) is 9.85. The molecule has 0 atom stereocenters. The van der Waals surface area contributed by atoms with Crippen molar-refractivity contribution in [1.82, 2.24) is 19.7 Å². The molecule has 0 N–H and O–H groups in total. The molecule has 6 nitrogen and oxygen atoms in total. The molecule has 1 amide bonds. The maximum absolute atomic E-state index is 12.6. The molecule has 184 valence electrons.